The van der Waals surface area contributed by atoms with E-state index in [4.69, 9.17) is 4.74 Å². The number of ether oxygens (including phenoxy) is 1. The van der Waals surface area contributed by atoms with Gasteiger partial charge in [-0.05, 0) is 31.2 Å². The van der Waals surface area contributed by atoms with Gasteiger partial charge in [-0.3, -0.25) is 4.79 Å². The van der Waals surface area contributed by atoms with Crippen LogP contribution in [0.2, 0.25) is 0 Å². The van der Waals surface area contributed by atoms with Crippen LogP contribution in [-0.2, 0) is 0 Å². The van der Waals surface area contributed by atoms with Gasteiger partial charge in [-0.1, -0.05) is 12.1 Å². The molecule has 7 nitrogen and oxygen atoms in total. The van der Waals surface area contributed by atoms with E-state index in [9.17, 15) is 4.79 Å². The van der Waals surface area contributed by atoms with Gasteiger partial charge in [-0.15, -0.1) is 0 Å². The van der Waals surface area contributed by atoms with Gasteiger partial charge in [0.25, 0.3) is 5.91 Å². The van der Waals surface area contributed by atoms with Crippen LogP contribution < -0.4 is 19.9 Å². The first-order valence-corrected chi connectivity index (χ1v) is 9.06. The van der Waals surface area contributed by atoms with E-state index in [0.29, 0.717) is 29.6 Å². The van der Waals surface area contributed by atoms with Gasteiger partial charge < -0.3 is 19.9 Å². The number of nitrogens with zero attached hydrogens (tertiary/aromatic N) is 4. The molecule has 1 aliphatic rings. The fourth-order valence-corrected chi connectivity index (χ4v) is 3.28. The minimum absolute atomic E-state index is 0.0629. The number of benzene rings is 1. The van der Waals surface area contributed by atoms with Crippen LogP contribution in [0.25, 0.3) is 0 Å². The molecule has 0 radical (unpaired) electrons. The minimum atomic E-state index is -0.0629. The van der Waals surface area contributed by atoms with E-state index < -0.39 is 0 Å². The molecule has 7 heteroatoms. The molecule has 0 saturated heterocycles. The number of hydrogen-bond acceptors (Lipinski definition) is 6. The molecule has 1 N–H and O–H groups in total. The molecule has 0 fully saturated rings. The third-order valence-corrected chi connectivity index (χ3v) is 4.70. The molecule has 0 atom stereocenters. The third kappa shape index (κ3) is 3.00. The molecule has 1 aromatic carbocycles. The van der Waals surface area contributed by atoms with Crippen LogP contribution in [0.5, 0.6) is 5.75 Å². The van der Waals surface area contributed by atoms with Gasteiger partial charge in [0.1, 0.15) is 5.82 Å². The van der Waals surface area contributed by atoms with Crippen molar-refractivity contribution in [2.75, 3.05) is 35.8 Å². The number of nitrogens with one attached hydrogen (secondary N) is 1. The molecule has 4 rings (SSSR count). The van der Waals surface area contributed by atoms with Crippen molar-refractivity contribution in [3.8, 4) is 5.75 Å². The lowest BCUT2D eigenvalue weighted by Crippen LogP contribution is -2.25. The van der Waals surface area contributed by atoms with E-state index in [2.05, 4.69) is 15.3 Å². The second-order valence-electron chi connectivity index (χ2n) is 6.41. The van der Waals surface area contributed by atoms with Gasteiger partial charge in [-0.25, -0.2) is 9.97 Å². The molecule has 1 aliphatic heterocycles. The number of aromatic nitrogens is 2. The molecule has 0 saturated carbocycles. The fourth-order valence-electron chi connectivity index (χ4n) is 3.28. The van der Waals surface area contributed by atoms with Crippen LogP contribution >= 0.6 is 0 Å². The third-order valence-electron chi connectivity index (χ3n) is 4.70. The Morgan fingerprint density at radius 1 is 1.00 bits per heavy atom. The highest BCUT2D eigenvalue weighted by molar-refractivity contribution is 6.13. The Kier molecular flexibility index (Phi) is 4.57. The Morgan fingerprint density at radius 3 is 2.64 bits per heavy atom. The number of rotatable bonds is 4. The van der Waals surface area contributed by atoms with Crippen LogP contribution in [0.3, 0.4) is 0 Å². The molecule has 0 unspecified atom stereocenters. The summed E-state index contributed by atoms with van der Waals surface area (Å²) >= 11 is 0. The standard InChI is InChI=1S/C21H21N5O2/c1-4-28-18-10-7-11-22-20(18)24-19-12-16-17(13-23-19)26(3)21(27)14-8-5-6-9-15(14)25(16)2/h5-13H,4H2,1-3H3,(H,22,23,24). The van der Waals surface area contributed by atoms with Crippen LogP contribution in [0.4, 0.5) is 28.7 Å². The second-order valence-corrected chi connectivity index (χ2v) is 6.41. The highest BCUT2D eigenvalue weighted by Gasteiger charge is 2.27. The molecular formula is C21H21N5O2. The van der Waals surface area contributed by atoms with Crippen molar-refractivity contribution in [1.82, 2.24) is 9.97 Å². The van der Waals surface area contributed by atoms with E-state index in [1.807, 2.05) is 61.3 Å². The largest absolute Gasteiger partial charge is 0.490 e. The van der Waals surface area contributed by atoms with Crippen LogP contribution in [0.1, 0.15) is 17.3 Å². The number of para-hydroxylation sites is 1. The Labute approximate surface area is 163 Å². The van der Waals surface area contributed by atoms with Gasteiger partial charge in [0.05, 0.1) is 35.4 Å². The Bertz CT molecular complexity index is 1040. The Morgan fingerprint density at radius 2 is 1.82 bits per heavy atom. The van der Waals surface area contributed by atoms with Gasteiger partial charge in [-0.2, -0.15) is 0 Å². The summed E-state index contributed by atoms with van der Waals surface area (Å²) in [6, 6.07) is 13.2. The highest BCUT2D eigenvalue weighted by Crippen LogP contribution is 2.40. The first-order valence-electron chi connectivity index (χ1n) is 9.06. The summed E-state index contributed by atoms with van der Waals surface area (Å²) in [5.74, 6) is 1.81. The zero-order chi connectivity index (χ0) is 19.7. The number of carbonyl (C=O) groups excluding carboxylic acids is 1. The zero-order valence-electron chi connectivity index (χ0n) is 16.0. The van der Waals surface area contributed by atoms with Crippen molar-refractivity contribution < 1.29 is 9.53 Å². The summed E-state index contributed by atoms with van der Waals surface area (Å²) in [5.41, 5.74) is 3.11. The average Bonchev–Trinajstić information content (AvgIpc) is 2.80. The summed E-state index contributed by atoms with van der Waals surface area (Å²) in [4.78, 5) is 25.3. The van der Waals surface area contributed by atoms with Crippen molar-refractivity contribution in [2.24, 2.45) is 0 Å². The highest BCUT2D eigenvalue weighted by atomic mass is 16.5. The molecule has 0 bridgehead atoms. The summed E-state index contributed by atoms with van der Waals surface area (Å²) < 4.78 is 5.62. The van der Waals surface area contributed by atoms with Crippen LogP contribution in [0, 0.1) is 0 Å². The van der Waals surface area contributed by atoms with Crippen molar-refractivity contribution in [3.05, 3.63) is 60.4 Å². The van der Waals surface area contributed by atoms with E-state index in [0.717, 1.165) is 17.1 Å². The molecule has 3 heterocycles. The molecule has 28 heavy (non-hydrogen) atoms. The fraction of sp³-hybridized carbons (Fsp3) is 0.190. The summed E-state index contributed by atoms with van der Waals surface area (Å²) in [7, 11) is 3.71. The van der Waals surface area contributed by atoms with Crippen LogP contribution in [0.15, 0.2) is 54.9 Å². The van der Waals surface area contributed by atoms with Gasteiger partial charge in [0.2, 0.25) is 0 Å². The Hall–Kier alpha value is -3.61. The van der Waals surface area contributed by atoms with Crippen molar-refractivity contribution in [3.63, 3.8) is 0 Å². The number of fused-ring (bicyclic) bond motifs is 2. The van der Waals surface area contributed by atoms with Crippen molar-refractivity contribution in [2.45, 2.75) is 6.92 Å². The molecule has 3 aromatic rings. The molecular weight excluding hydrogens is 354 g/mol. The second kappa shape index (κ2) is 7.19. The molecule has 0 spiro atoms. The van der Waals surface area contributed by atoms with E-state index in [-0.39, 0.29) is 5.91 Å². The lowest BCUT2D eigenvalue weighted by molar-refractivity contribution is 0.0994. The van der Waals surface area contributed by atoms with E-state index >= 15 is 0 Å². The monoisotopic (exact) mass is 375 g/mol. The maximum Gasteiger partial charge on any atom is 0.260 e. The maximum atomic E-state index is 12.9. The lowest BCUT2D eigenvalue weighted by Gasteiger charge is -2.22. The normalized spacial score (nSPS) is 12.9. The van der Waals surface area contributed by atoms with Gasteiger partial charge >= 0.3 is 0 Å². The smallest absolute Gasteiger partial charge is 0.260 e. The number of hydrogen-bond donors (Lipinski definition) is 1. The number of anilines is 5. The summed E-state index contributed by atoms with van der Waals surface area (Å²) in [6.45, 7) is 2.47. The van der Waals surface area contributed by atoms with Crippen LogP contribution in [-0.4, -0.2) is 36.6 Å². The van der Waals surface area contributed by atoms with E-state index in [1.54, 1.807) is 24.3 Å². The van der Waals surface area contributed by atoms with E-state index in [1.165, 1.54) is 0 Å². The maximum absolute atomic E-state index is 12.9. The SMILES string of the molecule is CCOc1cccnc1Nc1cc2c(cn1)N(C)C(=O)c1ccccc1N2C. The summed E-state index contributed by atoms with van der Waals surface area (Å²) in [6.07, 6.45) is 3.39. The Balaban J connectivity index is 1.76. The lowest BCUT2D eigenvalue weighted by atomic mass is 10.1. The molecule has 0 aliphatic carbocycles. The molecule has 142 valence electrons. The van der Waals surface area contributed by atoms with Crippen molar-refractivity contribution >= 4 is 34.6 Å². The summed E-state index contributed by atoms with van der Waals surface area (Å²) in [5, 5.41) is 3.22. The first kappa shape index (κ1) is 17.8. The molecule has 1 amide bonds. The average molecular weight is 375 g/mol. The van der Waals surface area contributed by atoms with Gasteiger partial charge in [0.15, 0.2) is 11.6 Å². The number of pyridine rings is 2. The topological polar surface area (TPSA) is 70.6 Å². The number of amides is 1. The number of carbonyl (C=O) groups is 1. The molecule has 2 aromatic heterocycles. The zero-order valence-corrected chi connectivity index (χ0v) is 16.0. The predicted molar refractivity (Wildman–Crippen MR) is 110 cm³/mol. The predicted octanol–water partition coefficient (Wildman–Crippen LogP) is 3.98. The van der Waals surface area contributed by atoms with Crippen molar-refractivity contribution in [1.29, 1.82) is 0 Å². The first-order chi connectivity index (χ1) is 13.6. The van der Waals surface area contributed by atoms with Gasteiger partial charge in [0, 0.05) is 26.4 Å². The quantitative estimate of drug-likeness (QED) is 0.744. The minimum Gasteiger partial charge on any atom is -0.490 e.